The first-order valence-corrected chi connectivity index (χ1v) is 9.57. The molecule has 1 atom stereocenters. The Labute approximate surface area is 169 Å². The molecule has 2 aromatic rings. The maximum atomic E-state index is 12.7. The smallest absolute Gasteiger partial charge is 0.344 e. The molecular formula is C22H25NO6. The number of aryl methyl sites for hydroxylation is 3. The summed E-state index contributed by atoms with van der Waals surface area (Å²) in [7, 11) is 1.28. The first kappa shape index (κ1) is 20.6. The minimum atomic E-state index is -1.02. The number of carbonyl (C=O) groups is 3. The van der Waals surface area contributed by atoms with E-state index in [1.807, 2.05) is 18.2 Å². The number of esters is 2. The molecule has 0 radical (unpaired) electrons. The summed E-state index contributed by atoms with van der Waals surface area (Å²) in [6.45, 7) is 4.53. The predicted molar refractivity (Wildman–Crippen MR) is 105 cm³/mol. The van der Waals surface area contributed by atoms with Gasteiger partial charge in [0.05, 0.1) is 18.4 Å². The Balaban J connectivity index is 1.59. The van der Waals surface area contributed by atoms with Crippen molar-refractivity contribution in [3.05, 3.63) is 51.8 Å². The zero-order chi connectivity index (χ0) is 21.1. The third-order valence-electron chi connectivity index (χ3n) is 5.18. The van der Waals surface area contributed by atoms with Crippen molar-refractivity contribution in [2.24, 2.45) is 0 Å². The average molecular weight is 399 g/mol. The summed E-state index contributed by atoms with van der Waals surface area (Å²) in [5.74, 6) is -0.977. The van der Waals surface area contributed by atoms with Crippen LogP contribution in [0.15, 0.2) is 18.2 Å². The van der Waals surface area contributed by atoms with E-state index in [0.29, 0.717) is 22.6 Å². The van der Waals surface area contributed by atoms with Gasteiger partial charge in [-0.05, 0) is 68.9 Å². The van der Waals surface area contributed by atoms with E-state index in [4.69, 9.17) is 14.2 Å². The van der Waals surface area contributed by atoms with E-state index in [1.54, 1.807) is 13.8 Å². The van der Waals surface area contributed by atoms with Gasteiger partial charge in [-0.15, -0.1) is 0 Å². The molecule has 0 saturated heterocycles. The van der Waals surface area contributed by atoms with Crippen molar-refractivity contribution in [2.75, 3.05) is 13.7 Å². The van der Waals surface area contributed by atoms with E-state index in [0.717, 1.165) is 19.3 Å². The lowest BCUT2D eigenvalue weighted by Gasteiger charge is -2.13. The van der Waals surface area contributed by atoms with Crippen LogP contribution in [0.3, 0.4) is 0 Å². The highest BCUT2D eigenvalue weighted by molar-refractivity contribution is 6.03. The van der Waals surface area contributed by atoms with Gasteiger partial charge in [-0.3, -0.25) is 4.79 Å². The molecule has 0 unspecified atom stereocenters. The minimum Gasteiger partial charge on any atom is -0.482 e. The summed E-state index contributed by atoms with van der Waals surface area (Å²) in [5, 5.41) is 0. The van der Waals surface area contributed by atoms with Crippen molar-refractivity contribution >= 4 is 17.7 Å². The fraction of sp³-hybridized carbons (Fsp3) is 0.409. The number of Topliss-reactive ketones (excluding diaryl/α,β-unsaturated/α-hetero) is 1. The van der Waals surface area contributed by atoms with Crippen LogP contribution >= 0.6 is 0 Å². The monoisotopic (exact) mass is 399 g/mol. The van der Waals surface area contributed by atoms with Gasteiger partial charge in [0, 0.05) is 5.69 Å². The van der Waals surface area contributed by atoms with Crippen LogP contribution in [-0.4, -0.2) is 42.5 Å². The fourth-order valence-electron chi connectivity index (χ4n) is 3.67. The second-order valence-corrected chi connectivity index (χ2v) is 7.19. The number of carbonyl (C=O) groups excluding carboxylic acids is 3. The summed E-state index contributed by atoms with van der Waals surface area (Å²) >= 11 is 0. The molecule has 0 amide bonds. The Hall–Kier alpha value is -3.09. The van der Waals surface area contributed by atoms with Crippen molar-refractivity contribution in [3.8, 4) is 5.75 Å². The van der Waals surface area contributed by atoms with Crippen LogP contribution in [0.4, 0.5) is 0 Å². The van der Waals surface area contributed by atoms with Crippen LogP contribution < -0.4 is 4.74 Å². The number of methoxy groups -OCH3 is 1. The largest absolute Gasteiger partial charge is 0.482 e. The lowest BCUT2D eigenvalue weighted by molar-refractivity contribution is -0.148. The Kier molecular flexibility index (Phi) is 6.06. The number of rotatable bonds is 7. The second-order valence-electron chi connectivity index (χ2n) is 7.19. The molecule has 1 aliphatic carbocycles. The Morgan fingerprint density at radius 3 is 2.59 bits per heavy atom. The summed E-state index contributed by atoms with van der Waals surface area (Å²) in [6, 6.07) is 5.80. The van der Waals surface area contributed by atoms with Crippen LogP contribution in [-0.2, 0) is 27.1 Å². The molecule has 1 aromatic carbocycles. The van der Waals surface area contributed by atoms with E-state index in [2.05, 4.69) is 4.98 Å². The zero-order valence-electron chi connectivity index (χ0n) is 17.1. The topological polar surface area (TPSA) is 94.7 Å². The number of aromatic amines is 1. The van der Waals surface area contributed by atoms with Crippen molar-refractivity contribution in [2.45, 2.75) is 46.1 Å². The normalized spacial score (nSPS) is 13.5. The van der Waals surface area contributed by atoms with Crippen LogP contribution in [0.1, 0.15) is 56.6 Å². The molecule has 7 heteroatoms. The molecule has 0 aliphatic heterocycles. The minimum absolute atomic E-state index is 0.225. The summed E-state index contributed by atoms with van der Waals surface area (Å²) < 4.78 is 15.5. The number of aromatic nitrogens is 1. The molecule has 3 rings (SSSR count). The first-order valence-electron chi connectivity index (χ1n) is 9.57. The van der Waals surface area contributed by atoms with E-state index in [-0.39, 0.29) is 12.3 Å². The second kappa shape index (κ2) is 8.51. The molecule has 1 aromatic heterocycles. The third-order valence-corrected chi connectivity index (χ3v) is 5.18. The number of nitrogens with one attached hydrogen (secondary N) is 1. The van der Waals surface area contributed by atoms with Gasteiger partial charge >= 0.3 is 11.9 Å². The summed E-state index contributed by atoms with van der Waals surface area (Å²) in [5.41, 5.74) is 4.10. The van der Waals surface area contributed by atoms with Gasteiger partial charge < -0.3 is 19.2 Å². The van der Waals surface area contributed by atoms with Gasteiger partial charge in [-0.1, -0.05) is 6.07 Å². The van der Waals surface area contributed by atoms with Gasteiger partial charge in [0.1, 0.15) is 5.75 Å². The van der Waals surface area contributed by atoms with Crippen molar-refractivity contribution in [1.82, 2.24) is 4.98 Å². The number of hydrogen-bond donors (Lipinski definition) is 1. The van der Waals surface area contributed by atoms with Crippen LogP contribution in [0.25, 0.3) is 0 Å². The van der Waals surface area contributed by atoms with Gasteiger partial charge in [0.15, 0.2) is 12.7 Å². The maximum Gasteiger partial charge on any atom is 0.344 e. The van der Waals surface area contributed by atoms with Crippen LogP contribution in [0.2, 0.25) is 0 Å². The number of fused-ring (bicyclic) bond motifs is 1. The highest BCUT2D eigenvalue weighted by Crippen LogP contribution is 2.26. The van der Waals surface area contributed by atoms with E-state index >= 15 is 0 Å². The SMILES string of the molecule is COC(=O)c1c(C)[nH]c(C(=O)[C@@H](C)OC(=O)COc2ccc3c(c2)CCC3)c1C. The molecule has 0 bridgehead atoms. The lowest BCUT2D eigenvalue weighted by Crippen LogP contribution is -2.28. The third kappa shape index (κ3) is 4.34. The molecule has 7 nitrogen and oxygen atoms in total. The van der Waals surface area contributed by atoms with Gasteiger partial charge in [0.25, 0.3) is 0 Å². The molecule has 154 valence electrons. The number of hydrogen-bond acceptors (Lipinski definition) is 6. The van der Waals surface area contributed by atoms with E-state index in [9.17, 15) is 14.4 Å². The van der Waals surface area contributed by atoms with Crippen LogP contribution in [0, 0.1) is 13.8 Å². The van der Waals surface area contributed by atoms with Gasteiger partial charge in [-0.25, -0.2) is 9.59 Å². The molecule has 1 heterocycles. The Morgan fingerprint density at radius 2 is 1.86 bits per heavy atom. The average Bonchev–Trinajstić information content (AvgIpc) is 3.28. The van der Waals surface area contributed by atoms with Crippen molar-refractivity contribution in [1.29, 1.82) is 0 Å². The standard InChI is InChI=1S/C22H25NO6/c1-12-19(22(26)27-4)13(2)23-20(12)21(25)14(3)29-18(24)11-28-17-9-8-15-6-5-7-16(15)10-17/h8-10,14,23H,5-7,11H2,1-4H3/t14-/m1/s1. The first-order chi connectivity index (χ1) is 13.8. The number of ketones is 1. The molecule has 1 aliphatic rings. The highest BCUT2D eigenvalue weighted by atomic mass is 16.6. The lowest BCUT2D eigenvalue weighted by atomic mass is 10.1. The molecular weight excluding hydrogens is 374 g/mol. The number of H-pyrrole nitrogens is 1. The van der Waals surface area contributed by atoms with Crippen LogP contribution in [0.5, 0.6) is 5.75 Å². The predicted octanol–water partition coefficient (Wildman–Crippen LogP) is 3.10. The molecule has 0 fully saturated rings. The Bertz CT molecular complexity index is 958. The molecule has 0 saturated carbocycles. The highest BCUT2D eigenvalue weighted by Gasteiger charge is 2.27. The van der Waals surface area contributed by atoms with Crippen molar-refractivity contribution < 1.29 is 28.6 Å². The summed E-state index contributed by atoms with van der Waals surface area (Å²) in [4.78, 5) is 39.6. The number of benzene rings is 1. The molecule has 1 N–H and O–H groups in total. The van der Waals surface area contributed by atoms with E-state index in [1.165, 1.54) is 25.2 Å². The molecule has 0 spiro atoms. The van der Waals surface area contributed by atoms with Gasteiger partial charge in [0.2, 0.25) is 5.78 Å². The quantitative estimate of drug-likeness (QED) is 0.568. The van der Waals surface area contributed by atoms with Crippen molar-refractivity contribution in [3.63, 3.8) is 0 Å². The molecule has 29 heavy (non-hydrogen) atoms. The summed E-state index contributed by atoms with van der Waals surface area (Å²) in [6.07, 6.45) is 2.21. The maximum absolute atomic E-state index is 12.7. The number of ether oxygens (including phenoxy) is 3. The van der Waals surface area contributed by atoms with Gasteiger partial charge in [-0.2, -0.15) is 0 Å². The Morgan fingerprint density at radius 1 is 1.14 bits per heavy atom. The fourth-order valence-corrected chi connectivity index (χ4v) is 3.67. The van der Waals surface area contributed by atoms with E-state index < -0.39 is 23.8 Å². The zero-order valence-corrected chi connectivity index (χ0v) is 17.1.